The number of rotatable bonds is 3. The fraction of sp³-hybridized carbons (Fsp3) is 0.636. The van der Waals surface area contributed by atoms with Crippen LogP contribution in [-0.2, 0) is 11.2 Å². The normalized spacial score (nSPS) is 17.9. The van der Waals surface area contributed by atoms with Gasteiger partial charge in [0, 0.05) is 17.0 Å². The second-order valence-electron chi connectivity index (χ2n) is 4.07. The van der Waals surface area contributed by atoms with Gasteiger partial charge in [0.1, 0.15) is 0 Å². The number of hydrogen-bond donors (Lipinski definition) is 1. The maximum Gasteiger partial charge on any atom is 0.308 e. The first-order valence-electron chi connectivity index (χ1n) is 5.42. The summed E-state index contributed by atoms with van der Waals surface area (Å²) in [6, 6.07) is 0. The SMILES string of the molecule is O=C(O)Cc1cnc(C2CCCCC2)s1. The summed E-state index contributed by atoms with van der Waals surface area (Å²) < 4.78 is 0. The van der Waals surface area contributed by atoms with Crippen molar-refractivity contribution in [3.05, 3.63) is 16.1 Å². The maximum atomic E-state index is 10.5. The highest BCUT2D eigenvalue weighted by Crippen LogP contribution is 2.34. The second kappa shape index (κ2) is 4.75. The van der Waals surface area contributed by atoms with Gasteiger partial charge in [-0.25, -0.2) is 4.98 Å². The lowest BCUT2D eigenvalue weighted by Crippen LogP contribution is -2.03. The average Bonchev–Trinajstić information content (AvgIpc) is 2.67. The number of aliphatic carboxylic acids is 1. The molecule has 1 aromatic heterocycles. The fourth-order valence-corrected chi connectivity index (χ4v) is 3.17. The molecule has 3 nitrogen and oxygen atoms in total. The highest BCUT2D eigenvalue weighted by molar-refractivity contribution is 7.11. The Morgan fingerprint density at radius 3 is 2.87 bits per heavy atom. The summed E-state index contributed by atoms with van der Waals surface area (Å²) in [5.74, 6) is -0.180. The molecule has 0 spiro atoms. The van der Waals surface area contributed by atoms with Crippen LogP contribution in [-0.4, -0.2) is 16.1 Å². The van der Waals surface area contributed by atoms with Gasteiger partial charge in [0.05, 0.1) is 11.4 Å². The number of carboxylic acids is 1. The monoisotopic (exact) mass is 225 g/mol. The van der Waals surface area contributed by atoms with E-state index in [-0.39, 0.29) is 6.42 Å². The molecule has 0 unspecified atom stereocenters. The van der Waals surface area contributed by atoms with Gasteiger partial charge in [-0.3, -0.25) is 4.79 Å². The molecule has 0 bridgehead atoms. The Balaban J connectivity index is 2.02. The van der Waals surface area contributed by atoms with Crippen molar-refractivity contribution < 1.29 is 9.90 Å². The summed E-state index contributed by atoms with van der Waals surface area (Å²) in [6.07, 6.45) is 8.20. The molecule has 0 amide bonds. The van der Waals surface area contributed by atoms with Crippen LogP contribution in [0.15, 0.2) is 6.20 Å². The Hall–Kier alpha value is -0.900. The minimum Gasteiger partial charge on any atom is -0.481 e. The highest BCUT2D eigenvalue weighted by Gasteiger charge is 2.18. The molecule has 0 aliphatic heterocycles. The van der Waals surface area contributed by atoms with Crippen molar-refractivity contribution in [2.45, 2.75) is 44.4 Å². The molecular weight excluding hydrogens is 210 g/mol. The quantitative estimate of drug-likeness (QED) is 0.860. The number of thiazole rings is 1. The van der Waals surface area contributed by atoms with Gasteiger partial charge in [0.25, 0.3) is 0 Å². The van der Waals surface area contributed by atoms with E-state index in [4.69, 9.17) is 5.11 Å². The summed E-state index contributed by atoms with van der Waals surface area (Å²) >= 11 is 1.58. The van der Waals surface area contributed by atoms with Crippen LogP contribution in [0, 0.1) is 0 Å². The summed E-state index contributed by atoms with van der Waals surface area (Å²) in [6.45, 7) is 0. The van der Waals surface area contributed by atoms with Gasteiger partial charge in [-0.2, -0.15) is 0 Å². The van der Waals surface area contributed by atoms with E-state index >= 15 is 0 Å². The molecule has 15 heavy (non-hydrogen) atoms. The van der Waals surface area contributed by atoms with Gasteiger partial charge in [-0.1, -0.05) is 19.3 Å². The van der Waals surface area contributed by atoms with E-state index in [2.05, 4.69) is 4.98 Å². The molecule has 0 saturated heterocycles. The fourth-order valence-electron chi connectivity index (χ4n) is 2.09. The first kappa shape index (κ1) is 10.6. The average molecular weight is 225 g/mol. The highest BCUT2D eigenvalue weighted by atomic mass is 32.1. The van der Waals surface area contributed by atoms with Crippen molar-refractivity contribution in [3.8, 4) is 0 Å². The molecule has 1 fully saturated rings. The number of hydrogen-bond acceptors (Lipinski definition) is 3. The molecule has 0 atom stereocenters. The Kier molecular flexibility index (Phi) is 3.36. The summed E-state index contributed by atoms with van der Waals surface area (Å²) in [4.78, 5) is 15.8. The zero-order valence-electron chi connectivity index (χ0n) is 8.61. The first-order chi connectivity index (χ1) is 7.25. The minimum absolute atomic E-state index is 0.115. The number of carboxylic acid groups (broad SMARTS) is 1. The molecule has 1 heterocycles. The predicted molar refractivity (Wildman–Crippen MR) is 59.3 cm³/mol. The predicted octanol–water partition coefficient (Wildman–Crippen LogP) is 2.82. The maximum absolute atomic E-state index is 10.5. The molecule has 82 valence electrons. The Morgan fingerprint density at radius 1 is 1.47 bits per heavy atom. The van der Waals surface area contributed by atoms with E-state index in [0.29, 0.717) is 5.92 Å². The molecule has 1 N–H and O–H groups in total. The summed E-state index contributed by atoms with van der Waals surface area (Å²) in [5.41, 5.74) is 0. The van der Waals surface area contributed by atoms with Crippen molar-refractivity contribution in [1.82, 2.24) is 4.98 Å². The molecule has 2 rings (SSSR count). The molecule has 1 aliphatic rings. The molecule has 1 saturated carbocycles. The second-order valence-corrected chi connectivity index (χ2v) is 5.22. The first-order valence-corrected chi connectivity index (χ1v) is 6.24. The van der Waals surface area contributed by atoms with Gasteiger partial charge >= 0.3 is 5.97 Å². The van der Waals surface area contributed by atoms with E-state index < -0.39 is 5.97 Å². The van der Waals surface area contributed by atoms with Gasteiger partial charge in [-0.05, 0) is 12.8 Å². The van der Waals surface area contributed by atoms with Gasteiger partial charge < -0.3 is 5.11 Å². The molecule has 0 aromatic carbocycles. The van der Waals surface area contributed by atoms with Crippen LogP contribution in [0.5, 0.6) is 0 Å². The largest absolute Gasteiger partial charge is 0.481 e. The topological polar surface area (TPSA) is 50.2 Å². The van der Waals surface area contributed by atoms with Gasteiger partial charge in [0.15, 0.2) is 0 Å². The number of aromatic nitrogens is 1. The van der Waals surface area contributed by atoms with Crippen molar-refractivity contribution in [2.24, 2.45) is 0 Å². The molecular formula is C11H15NO2S. The summed E-state index contributed by atoms with van der Waals surface area (Å²) in [7, 11) is 0. The minimum atomic E-state index is -0.770. The summed E-state index contributed by atoms with van der Waals surface area (Å²) in [5, 5.41) is 9.81. The Labute approximate surface area is 93.2 Å². The third-order valence-electron chi connectivity index (χ3n) is 2.85. The van der Waals surface area contributed by atoms with E-state index in [1.54, 1.807) is 17.5 Å². The van der Waals surface area contributed by atoms with Crippen molar-refractivity contribution in [3.63, 3.8) is 0 Å². The van der Waals surface area contributed by atoms with Crippen molar-refractivity contribution in [2.75, 3.05) is 0 Å². The lowest BCUT2D eigenvalue weighted by molar-refractivity contribution is -0.136. The van der Waals surface area contributed by atoms with Crippen LogP contribution in [0.3, 0.4) is 0 Å². The third kappa shape index (κ3) is 2.78. The van der Waals surface area contributed by atoms with Crippen LogP contribution in [0.1, 0.15) is 47.9 Å². The van der Waals surface area contributed by atoms with Crippen LogP contribution in [0.4, 0.5) is 0 Å². The van der Waals surface area contributed by atoms with Crippen molar-refractivity contribution in [1.29, 1.82) is 0 Å². The molecule has 1 aliphatic carbocycles. The van der Waals surface area contributed by atoms with E-state index in [0.717, 1.165) is 9.88 Å². The lowest BCUT2D eigenvalue weighted by Gasteiger charge is -2.18. The molecule has 4 heteroatoms. The Bertz CT molecular complexity index is 342. The van der Waals surface area contributed by atoms with E-state index in [1.165, 1.54) is 32.1 Å². The van der Waals surface area contributed by atoms with E-state index in [1.807, 2.05) is 0 Å². The number of carbonyl (C=O) groups is 1. The van der Waals surface area contributed by atoms with Gasteiger partial charge in [-0.15, -0.1) is 11.3 Å². The number of nitrogens with zero attached hydrogens (tertiary/aromatic N) is 1. The van der Waals surface area contributed by atoms with Crippen LogP contribution in [0.25, 0.3) is 0 Å². The lowest BCUT2D eigenvalue weighted by atomic mass is 9.90. The standard InChI is InChI=1S/C11H15NO2S/c13-10(14)6-9-7-12-11(15-9)8-4-2-1-3-5-8/h7-8H,1-6H2,(H,13,14). The van der Waals surface area contributed by atoms with Crippen LogP contribution >= 0.6 is 11.3 Å². The third-order valence-corrected chi connectivity index (χ3v) is 4.01. The van der Waals surface area contributed by atoms with E-state index in [9.17, 15) is 4.79 Å². The van der Waals surface area contributed by atoms with Crippen LogP contribution < -0.4 is 0 Å². The smallest absolute Gasteiger partial charge is 0.308 e. The zero-order valence-corrected chi connectivity index (χ0v) is 9.42. The molecule has 1 aromatic rings. The van der Waals surface area contributed by atoms with Crippen LogP contribution in [0.2, 0.25) is 0 Å². The zero-order chi connectivity index (χ0) is 10.7. The van der Waals surface area contributed by atoms with Crippen molar-refractivity contribution >= 4 is 17.3 Å². The molecule has 0 radical (unpaired) electrons. The Morgan fingerprint density at radius 2 is 2.20 bits per heavy atom. The van der Waals surface area contributed by atoms with Gasteiger partial charge in [0.2, 0.25) is 0 Å².